The van der Waals surface area contributed by atoms with Crippen molar-refractivity contribution in [1.82, 2.24) is 9.78 Å². The average Bonchev–Trinajstić information content (AvgIpc) is 3.03. The van der Waals surface area contributed by atoms with E-state index in [1.54, 1.807) is 0 Å². The molecule has 3 rings (SSSR count). The fourth-order valence-corrected chi connectivity index (χ4v) is 3.37. The van der Waals surface area contributed by atoms with Crippen LogP contribution in [-0.2, 0) is 6.54 Å². The van der Waals surface area contributed by atoms with E-state index in [2.05, 4.69) is 5.10 Å². The van der Waals surface area contributed by atoms with Gasteiger partial charge >= 0.3 is 0 Å². The lowest BCUT2D eigenvalue weighted by Crippen LogP contribution is -2.26. The molecule has 0 spiro atoms. The van der Waals surface area contributed by atoms with E-state index in [9.17, 15) is 9.90 Å². The highest BCUT2D eigenvalue weighted by Gasteiger charge is 2.26. The number of hydrogen-bond acceptors (Lipinski definition) is 3. The summed E-state index contributed by atoms with van der Waals surface area (Å²) in [5.74, 6) is 0.345. The van der Waals surface area contributed by atoms with Gasteiger partial charge in [0, 0.05) is 12.5 Å². The Morgan fingerprint density at radius 1 is 1.27 bits per heavy atom. The van der Waals surface area contributed by atoms with Gasteiger partial charge in [0.15, 0.2) is 5.75 Å². The van der Waals surface area contributed by atoms with Crippen LogP contribution in [-0.4, -0.2) is 14.9 Å². The molecule has 116 valence electrons. The van der Waals surface area contributed by atoms with E-state index in [1.165, 1.54) is 4.68 Å². The van der Waals surface area contributed by atoms with Gasteiger partial charge in [-0.1, -0.05) is 37.1 Å². The van der Waals surface area contributed by atoms with E-state index in [0.717, 1.165) is 36.8 Å². The molecule has 1 saturated carbocycles. The van der Waals surface area contributed by atoms with Crippen molar-refractivity contribution in [1.29, 1.82) is 0 Å². The van der Waals surface area contributed by atoms with Crippen molar-refractivity contribution in [3.05, 3.63) is 45.9 Å². The largest absolute Gasteiger partial charge is 0.505 e. The fraction of sp³-hybridized carbons (Fsp3) is 0.444. The van der Waals surface area contributed by atoms with Crippen molar-refractivity contribution in [3.8, 4) is 16.9 Å². The van der Waals surface area contributed by atoms with Crippen molar-refractivity contribution < 1.29 is 5.11 Å². The maximum Gasteiger partial charge on any atom is 0.278 e. The summed E-state index contributed by atoms with van der Waals surface area (Å²) in [5, 5.41) is 15.2. The molecule has 0 radical (unpaired) electrons. The van der Waals surface area contributed by atoms with Crippen LogP contribution in [0.2, 0.25) is 0 Å². The molecule has 2 aromatic rings. The minimum absolute atomic E-state index is 0.0795. The van der Waals surface area contributed by atoms with Gasteiger partial charge in [-0.3, -0.25) is 4.79 Å². The lowest BCUT2D eigenvalue weighted by atomic mass is 9.96. The summed E-state index contributed by atoms with van der Waals surface area (Å²) in [5.41, 5.74) is 2.67. The van der Waals surface area contributed by atoms with Gasteiger partial charge < -0.3 is 5.11 Å². The Balaban J connectivity index is 2.26. The zero-order valence-electron chi connectivity index (χ0n) is 13.2. The van der Waals surface area contributed by atoms with Crippen LogP contribution in [0.25, 0.3) is 11.1 Å². The molecule has 0 aliphatic heterocycles. The summed E-state index contributed by atoms with van der Waals surface area (Å²) in [6.07, 6.45) is 4.40. The van der Waals surface area contributed by atoms with Crippen LogP contribution >= 0.6 is 0 Å². The second-order valence-electron chi connectivity index (χ2n) is 6.03. The monoisotopic (exact) mass is 298 g/mol. The average molecular weight is 298 g/mol. The first-order chi connectivity index (χ1) is 10.6. The van der Waals surface area contributed by atoms with Crippen LogP contribution in [0.3, 0.4) is 0 Å². The Morgan fingerprint density at radius 2 is 1.95 bits per heavy atom. The molecule has 1 fully saturated rings. The lowest BCUT2D eigenvalue weighted by molar-refractivity contribution is 0.440. The van der Waals surface area contributed by atoms with Crippen molar-refractivity contribution in [3.63, 3.8) is 0 Å². The number of benzene rings is 1. The van der Waals surface area contributed by atoms with Crippen LogP contribution in [0, 0.1) is 6.92 Å². The number of aryl methyl sites for hydroxylation is 2. The second-order valence-corrected chi connectivity index (χ2v) is 6.03. The quantitative estimate of drug-likeness (QED) is 0.942. The Hall–Kier alpha value is -2.10. The first kappa shape index (κ1) is 14.8. The number of aromatic nitrogens is 2. The second kappa shape index (κ2) is 5.95. The van der Waals surface area contributed by atoms with E-state index in [0.29, 0.717) is 17.8 Å². The molecule has 1 N–H and O–H groups in total. The maximum absolute atomic E-state index is 12.7. The molecule has 22 heavy (non-hydrogen) atoms. The molecule has 4 nitrogen and oxygen atoms in total. The normalized spacial score (nSPS) is 15.4. The Labute approximate surface area is 130 Å². The highest BCUT2D eigenvalue weighted by Crippen LogP contribution is 2.40. The third-order valence-electron chi connectivity index (χ3n) is 4.61. The Kier molecular flexibility index (Phi) is 4.01. The highest BCUT2D eigenvalue weighted by molar-refractivity contribution is 5.73. The predicted molar refractivity (Wildman–Crippen MR) is 87.2 cm³/mol. The molecule has 1 aliphatic carbocycles. The standard InChI is InChI=1S/C18H22N2O2/c1-3-20-18(22)15(14-11-7-4-8-12(14)2)17(21)16(19-20)13-9-5-6-10-13/h4,7-8,11,13,21H,3,5-6,9-10H2,1-2H3. The first-order valence-corrected chi connectivity index (χ1v) is 8.03. The minimum Gasteiger partial charge on any atom is -0.505 e. The van der Waals surface area contributed by atoms with Gasteiger partial charge in [-0.05, 0) is 37.8 Å². The van der Waals surface area contributed by atoms with Crippen molar-refractivity contribution in [2.75, 3.05) is 0 Å². The topological polar surface area (TPSA) is 55.1 Å². The number of aromatic hydroxyl groups is 1. The van der Waals surface area contributed by atoms with Gasteiger partial charge in [0.1, 0.15) is 5.69 Å². The zero-order chi connectivity index (χ0) is 15.7. The van der Waals surface area contributed by atoms with E-state index in [4.69, 9.17) is 0 Å². The predicted octanol–water partition coefficient (Wildman–Crippen LogP) is 3.60. The Morgan fingerprint density at radius 3 is 2.59 bits per heavy atom. The van der Waals surface area contributed by atoms with Gasteiger partial charge in [-0.15, -0.1) is 0 Å². The van der Waals surface area contributed by atoms with Crippen molar-refractivity contribution in [2.24, 2.45) is 0 Å². The first-order valence-electron chi connectivity index (χ1n) is 8.03. The van der Waals surface area contributed by atoms with E-state index in [-0.39, 0.29) is 17.2 Å². The van der Waals surface area contributed by atoms with Gasteiger partial charge in [0.2, 0.25) is 0 Å². The van der Waals surface area contributed by atoms with Crippen LogP contribution in [0.15, 0.2) is 29.1 Å². The maximum atomic E-state index is 12.7. The van der Waals surface area contributed by atoms with Gasteiger partial charge in [0.05, 0.1) is 5.56 Å². The fourth-order valence-electron chi connectivity index (χ4n) is 3.37. The third-order valence-corrected chi connectivity index (χ3v) is 4.61. The molecule has 0 unspecified atom stereocenters. The van der Waals surface area contributed by atoms with Crippen LogP contribution in [0.5, 0.6) is 5.75 Å². The van der Waals surface area contributed by atoms with E-state index in [1.807, 2.05) is 38.1 Å². The molecular weight excluding hydrogens is 276 g/mol. The van der Waals surface area contributed by atoms with E-state index < -0.39 is 0 Å². The molecule has 0 bridgehead atoms. The van der Waals surface area contributed by atoms with E-state index >= 15 is 0 Å². The molecule has 1 aromatic heterocycles. The summed E-state index contributed by atoms with van der Waals surface area (Å²) in [4.78, 5) is 12.7. The van der Waals surface area contributed by atoms with Gasteiger partial charge in [-0.25, -0.2) is 4.68 Å². The number of hydrogen-bond donors (Lipinski definition) is 1. The molecule has 1 aromatic carbocycles. The smallest absolute Gasteiger partial charge is 0.278 e. The summed E-state index contributed by atoms with van der Waals surface area (Å²) >= 11 is 0. The molecular formula is C18H22N2O2. The van der Waals surface area contributed by atoms with Crippen LogP contribution < -0.4 is 5.56 Å². The molecule has 0 atom stereocenters. The number of rotatable bonds is 3. The summed E-state index contributed by atoms with van der Waals surface area (Å²) in [7, 11) is 0. The molecule has 1 heterocycles. The summed E-state index contributed by atoms with van der Waals surface area (Å²) < 4.78 is 1.48. The molecule has 4 heteroatoms. The molecule has 0 saturated heterocycles. The lowest BCUT2D eigenvalue weighted by Gasteiger charge is -2.17. The zero-order valence-corrected chi connectivity index (χ0v) is 13.2. The Bertz CT molecular complexity index is 743. The van der Waals surface area contributed by atoms with Gasteiger partial charge in [0.25, 0.3) is 5.56 Å². The molecule has 0 amide bonds. The minimum atomic E-state index is -0.212. The van der Waals surface area contributed by atoms with Gasteiger partial charge in [-0.2, -0.15) is 5.10 Å². The molecule has 1 aliphatic rings. The summed E-state index contributed by atoms with van der Waals surface area (Å²) in [6, 6.07) is 7.69. The van der Waals surface area contributed by atoms with Crippen LogP contribution in [0.1, 0.15) is 49.8 Å². The van der Waals surface area contributed by atoms with Crippen LogP contribution in [0.4, 0.5) is 0 Å². The highest BCUT2D eigenvalue weighted by atomic mass is 16.3. The number of nitrogens with zero attached hydrogens (tertiary/aromatic N) is 2. The summed E-state index contributed by atoms with van der Waals surface area (Å²) in [6.45, 7) is 4.38. The third kappa shape index (κ3) is 2.43. The SMILES string of the molecule is CCn1nc(C2CCCC2)c(O)c(-c2ccccc2C)c1=O. The van der Waals surface area contributed by atoms with Crippen molar-refractivity contribution in [2.45, 2.75) is 52.0 Å². The van der Waals surface area contributed by atoms with Crippen molar-refractivity contribution >= 4 is 0 Å².